The van der Waals surface area contributed by atoms with E-state index in [2.05, 4.69) is 15.6 Å². The zero-order valence-corrected chi connectivity index (χ0v) is 15.6. The standard InChI is InChI=1S/C18H18ClN5O4/c19-13-3-5-14(6-4-13)21-18(26)22-17(25)12-7-10-23(11-8-12)16-15(24(27)28)2-1-9-20-16/h1-6,9,12H,7-8,10-11H2,(H2,21,22,25,26). The molecule has 9 nitrogen and oxygen atoms in total. The third-order valence-electron chi connectivity index (χ3n) is 4.47. The van der Waals surface area contributed by atoms with E-state index >= 15 is 0 Å². The monoisotopic (exact) mass is 403 g/mol. The van der Waals surface area contributed by atoms with Gasteiger partial charge in [0, 0.05) is 42.0 Å². The minimum Gasteiger partial charge on any atom is -0.351 e. The molecule has 0 atom stereocenters. The van der Waals surface area contributed by atoms with Gasteiger partial charge in [-0.3, -0.25) is 20.2 Å². The molecular formula is C18H18ClN5O4. The highest BCUT2D eigenvalue weighted by Crippen LogP contribution is 2.29. The van der Waals surface area contributed by atoms with Gasteiger partial charge in [-0.15, -0.1) is 0 Å². The normalized spacial score (nSPS) is 14.4. The fraction of sp³-hybridized carbons (Fsp3) is 0.278. The van der Waals surface area contributed by atoms with Gasteiger partial charge >= 0.3 is 11.7 Å². The van der Waals surface area contributed by atoms with E-state index in [4.69, 9.17) is 11.6 Å². The van der Waals surface area contributed by atoms with Gasteiger partial charge in [0.25, 0.3) is 0 Å². The summed E-state index contributed by atoms with van der Waals surface area (Å²) >= 11 is 5.79. The van der Waals surface area contributed by atoms with Crippen LogP contribution in [0.25, 0.3) is 0 Å². The molecule has 146 valence electrons. The first-order valence-corrected chi connectivity index (χ1v) is 9.03. The molecule has 2 heterocycles. The van der Waals surface area contributed by atoms with E-state index in [1.54, 1.807) is 29.2 Å². The Labute approximate surface area is 165 Å². The molecule has 1 aromatic heterocycles. The molecule has 10 heteroatoms. The topological polar surface area (TPSA) is 117 Å². The van der Waals surface area contributed by atoms with Crippen LogP contribution in [0.1, 0.15) is 12.8 Å². The number of piperidine rings is 1. The van der Waals surface area contributed by atoms with Crippen LogP contribution < -0.4 is 15.5 Å². The van der Waals surface area contributed by atoms with E-state index < -0.39 is 11.0 Å². The van der Waals surface area contributed by atoms with Crippen LogP contribution in [-0.4, -0.2) is 34.9 Å². The van der Waals surface area contributed by atoms with Crippen LogP contribution in [0, 0.1) is 16.0 Å². The molecule has 3 rings (SSSR count). The second-order valence-electron chi connectivity index (χ2n) is 6.31. The van der Waals surface area contributed by atoms with E-state index in [1.165, 1.54) is 18.3 Å². The number of hydrogen-bond acceptors (Lipinski definition) is 6. The molecule has 1 fully saturated rings. The zero-order chi connectivity index (χ0) is 20.1. The molecule has 1 aliphatic rings. The van der Waals surface area contributed by atoms with Crippen molar-refractivity contribution in [1.82, 2.24) is 10.3 Å². The summed E-state index contributed by atoms with van der Waals surface area (Å²) < 4.78 is 0. The maximum absolute atomic E-state index is 12.3. The Bertz CT molecular complexity index is 882. The molecule has 0 saturated carbocycles. The predicted octanol–water partition coefficient (Wildman–Crippen LogP) is 3.21. The van der Waals surface area contributed by atoms with Gasteiger partial charge in [0.05, 0.1) is 4.92 Å². The van der Waals surface area contributed by atoms with Crippen LogP contribution in [0.2, 0.25) is 5.02 Å². The molecule has 3 amide bonds. The number of rotatable bonds is 4. The van der Waals surface area contributed by atoms with E-state index in [0.29, 0.717) is 42.5 Å². The third-order valence-corrected chi connectivity index (χ3v) is 4.72. The van der Waals surface area contributed by atoms with Crippen LogP contribution in [-0.2, 0) is 4.79 Å². The van der Waals surface area contributed by atoms with E-state index in [0.717, 1.165) is 0 Å². The van der Waals surface area contributed by atoms with Crippen LogP contribution in [0.5, 0.6) is 0 Å². The summed E-state index contributed by atoms with van der Waals surface area (Å²) in [6.07, 6.45) is 2.43. The summed E-state index contributed by atoms with van der Waals surface area (Å²) in [5, 5.41) is 16.6. The smallest absolute Gasteiger partial charge is 0.325 e. The summed E-state index contributed by atoms with van der Waals surface area (Å²) in [4.78, 5) is 40.9. The molecular weight excluding hydrogens is 386 g/mol. The number of nitro groups is 1. The lowest BCUT2D eigenvalue weighted by molar-refractivity contribution is -0.384. The fourth-order valence-electron chi connectivity index (χ4n) is 3.04. The van der Waals surface area contributed by atoms with Crippen LogP contribution in [0.3, 0.4) is 0 Å². The van der Waals surface area contributed by atoms with Crippen molar-refractivity contribution < 1.29 is 14.5 Å². The van der Waals surface area contributed by atoms with Gasteiger partial charge in [-0.2, -0.15) is 0 Å². The zero-order valence-electron chi connectivity index (χ0n) is 14.8. The second kappa shape index (κ2) is 8.66. The molecule has 2 N–H and O–H groups in total. The average Bonchev–Trinajstić information content (AvgIpc) is 2.69. The Morgan fingerprint density at radius 3 is 2.50 bits per heavy atom. The summed E-state index contributed by atoms with van der Waals surface area (Å²) in [5.74, 6) is -0.427. The van der Waals surface area contributed by atoms with Gasteiger partial charge in [0.1, 0.15) is 0 Å². The first kappa shape index (κ1) is 19.6. The summed E-state index contributed by atoms with van der Waals surface area (Å²) in [6.45, 7) is 0.878. The number of nitrogens with one attached hydrogen (secondary N) is 2. The lowest BCUT2D eigenvalue weighted by atomic mass is 9.96. The van der Waals surface area contributed by atoms with Crippen molar-refractivity contribution in [3.8, 4) is 0 Å². The fourth-order valence-corrected chi connectivity index (χ4v) is 3.16. The predicted molar refractivity (Wildman–Crippen MR) is 104 cm³/mol. The summed E-state index contributed by atoms with van der Waals surface area (Å²) in [7, 11) is 0. The molecule has 1 aromatic carbocycles. The number of urea groups is 1. The van der Waals surface area contributed by atoms with Crippen molar-refractivity contribution in [2.45, 2.75) is 12.8 Å². The van der Waals surface area contributed by atoms with Crippen LogP contribution >= 0.6 is 11.6 Å². The quantitative estimate of drug-likeness (QED) is 0.597. The average molecular weight is 404 g/mol. The van der Waals surface area contributed by atoms with Crippen molar-refractivity contribution in [3.63, 3.8) is 0 Å². The molecule has 2 aromatic rings. The largest absolute Gasteiger partial charge is 0.351 e. The molecule has 0 spiro atoms. The third kappa shape index (κ3) is 4.74. The minimum atomic E-state index is -0.616. The Morgan fingerprint density at radius 2 is 1.86 bits per heavy atom. The molecule has 0 radical (unpaired) electrons. The molecule has 0 unspecified atom stereocenters. The van der Waals surface area contributed by atoms with E-state index in [-0.39, 0.29) is 17.5 Å². The molecule has 0 bridgehead atoms. The summed E-state index contributed by atoms with van der Waals surface area (Å²) in [5.41, 5.74) is 0.458. The van der Waals surface area contributed by atoms with Gasteiger partial charge in [0.15, 0.2) is 0 Å². The number of nitrogens with zero attached hydrogens (tertiary/aromatic N) is 3. The number of benzene rings is 1. The number of carbonyl (C=O) groups excluding carboxylic acids is 2. The number of hydrogen-bond donors (Lipinski definition) is 2. The number of halogens is 1. The highest BCUT2D eigenvalue weighted by Gasteiger charge is 2.29. The maximum atomic E-state index is 12.3. The van der Waals surface area contributed by atoms with Gasteiger partial charge in [-0.05, 0) is 43.2 Å². The van der Waals surface area contributed by atoms with Gasteiger partial charge in [0.2, 0.25) is 11.7 Å². The van der Waals surface area contributed by atoms with Gasteiger partial charge in [-0.25, -0.2) is 9.78 Å². The highest BCUT2D eigenvalue weighted by atomic mass is 35.5. The number of amides is 3. The van der Waals surface area contributed by atoms with Crippen LogP contribution in [0.4, 0.5) is 22.0 Å². The van der Waals surface area contributed by atoms with Gasteiger partial charge < -0.3 is 10.2 Å². The minimum absolute atomic E-state index is 0.0623. The summed E-state index contributed by atoms with van der Waals surface area (Å²) in [6, 6.07) is 8.82. The van der Waals surface area contributed by atoms with Crippen molar-refractivity contribution in [2.24, 2.45) is 5.92 Å². The number of aromatic nitrogens is 1. The Kier molecular flexibility index (Phi) is 6.05. The Morgan fingerprint density at radius 1 is 1.18 bits per heavy atom. The molecule has 0 aliphatic carbocycles. The molecule has 28 heavy (non-hydrogen) atoms. The van der Waals surface area contributed by atoms with Crippen molar-refractivity contribution in [1.29, 1.82) is 0 Å². The van der Waals surface area contributed by atoms with Gasteiger partial charge in [-0.1, -0.05) is 11.6 Å². The number of anilines is 2. The van der Waals surface area contributed by atoms with Crippen molar-refractivity contribution >= 4 is 40.7 Å². The maximum Gasteiger partial charge on any atom is 0.325 e. The number of imide groups is 1. The number of pyridine rings is 1. The lowest BCUT2D eigenvalue weighted by Gasteiger charge is -2.31. The second-order valence-corrected chi connectivity index (χ2v) is 6.75. The van der Waals surface area contributed by atoms with Crippen molar-refractivity contribution in [3.05, 3.63) is 57.7 Å². The SMILES string of the molecule is O=C(NC(=O)C1CCN(c2ncccc2[N+](=O)[O-])CC1)Nc1ccc(Cl)cc1. The van der Waals surface area contributed by atoms with E-state index in [9.17, 15) is 19.7 Å². The first-order chi connectivity index (χ1) is 13.4. The lowest BCUT2D eigenvalue weighted by Crippen LogP contribution is -2.44. The Hall–Kier alpha value is -3.20. The molecule has 1 saturated heterocycles. The van der Waals surface area contributed by atoms with E-state index in [1.807, 2.05) is 0 Å². The Balaban J connectivity index is 1.53. The number of carbonyl (C=O) groups is 2. The molecule has 1 aliphatic heterocycles. The first-order valence-electron chi connectivity index (χ1n) is 8.66. The van der Waals surface area contributed by atoms with Crippen molar-refractivity contribution in [2.75, 3.05) is 23.3 Å². The highest BCUT2D eigenvalue weighted by molar-refractivity contribution is 6.30. The van der Waals surface area contributed by atoms with Crippen LogP contribution in [0.15, 0.2) is 42.6 Å².